The van der Waals surface area contributed by atoms with Crippen LogP contribution in [0.4, 0.5) is 0 Å². The highest BCUT2D eigenvalue weighted by Crippen LogP contribution is 2.38. The first kappa shape index (κ1) is 17.5. The lowest BCUT2D eigenvalue weighted by atomic mass is 9.73. The molecule has 0 radical (unpaired) electrons. The van der Waals surface area contributed by atoms with E-state index in [1.54, 1.807) is 0 Å². The summed E-state index contributed by atoms with van der Waals surface area (Å²) in [5.74, 6) is 0.510. The van der Waals surface area contributed by atoms with Gasteiger partial charge in [0.1, 0.15) is 0 Å². The molecule has 0 amide bonds. The predicted octanol–water partition coefficient (Wildman–Crippen LogP) is 4.16. The molecule has 0 spiro atoms. The summed E-state index contributed by atoms with van der Waals surface area (Å²) in [6.45, 7) is 3.23. The van der Waals surface area contributed by atoms with E-state index >= 15 is 0 Å². The van der Waals surface area contributed by atoms with Crippen LogP contribution in [0.3, 0.4) is 0 Å². The van der Waals surface area contributed by atoms with Gasteiger partial charge in [-0.25, -0.2) is 0 Å². The Kier molecular flexibility index (Phi) is 5.29. The summed E-state index contributed by atoms with van der Waals surface area (Å²) in [6.07, 6.45) is 4.20. The van der Waals surface area contributed by atoms with Crippen molar-refractivity contribution in [2.75, 3.05) is 19.6 Å². The summed E-state index contributed by atoms with van der Waals surface area (Å²) < 4.78 is 0. The van der Waals surface area contributed by atoms with Gasteiger partial charge >= 0.3 is 0 Å². The van der Waals surface area contributed by atoms with Crippen LogP contribution in [0.5, 0.6) is 0 Å². The third-order valence-electron chi connectivity index (χ3n) is 5.75. The number of aliphatic hydroxyl groups is 1. The number of benzene rings is 2. The van der Waals surface area contributed by atoms with Crippen LogP contribution in [0, 0.1) is 5.92 Å². The molecule has 128 valence electrons. The Hall–Kier alpha value is -1.35. The van der Waals surface area contributed by atoms with E-state index in [4.69, 9.17) is 0 Å². The van der Waals surface area contributed by atoms with E-state index in [0.717, 1.165) is 19.4 Å². The molecule has 3 saturated heterocycles. The minimum atomic E-state index is -0.464. The molecule has 1 N–H and O–H groups in total. The maximum Gasteiger partial charge on any atom is 0.0806 e. The monoisotopic (exact) mass is 343 g/mol. The van der Waals surface area contributed by atoms with Crippen LogP contribution in [-0.2, 0) is 6.42 Å². The number of hydrogen-bond donors (Lipinski definition) is 1. The van der Waals surface area contributed by atoms with E-state index in [2.05, 4.69) is 53.4 Å². The summed E-state index contributed by atoms with van der Waals surface area (Å²) in [4.78, 5) is 2.43. The van der Waals surface area contributed by atoms with Crippen LogP contribution in [0.2, 0.25) is 0 Å². The van der Waals surface area contributed by atoms with E-state index in [1.165, 1.54) is 42.6 Å². The Morgan fingerprint density at radius 3 is 2.12 bits per heavy atom. The van der Waals surface area contributed by atoms with Crippen molar-refractivity contribution in [2.45, 2.75) is 31.3 Å². The Morgan fingerprint density at radius 1 is 0.917 bits per heavy atom. The molecule has 2 bridgehead atoms. The van der Waals surface area contributed by atoms with Gasteiger partial charge in [0, 0.05) is 6.54 Å². The Bertz CT molecular complexity index is 649. The molecule has 24 heavy (non-hydrogen) atoms. The lowest BCUT2D eigenvalue weighted by Crippen LogP contribution is -2.59. The van der Waals surface area contributed by atoms with E-state index in [1.807, 2.05) is 6.07 Å². The Labute approximate surface area is 150 Å². The van der Waals surface area contributed by atoms with Gasteiger partial charge in [0.15, 0.2) is 0 Å². The topological polar surface area (TPSA) is 23.5 Å². The molecule has 3 aliphatic rings. The average Bonchev–Trinajstić information content (AvgIpc) is 2.62. The molecule has 1 atom stereocenters. The molecule has 5 rings (SSSR count). The number of rotatable bonds is 4. The maximum absolute atomic E-state index is 11.0. The van der Waals surface area contributed by atoms with Gasteiger partial charge in [-0.1, -0.05) is 54.6 Å². The third-order valence-corrected chi connectivity index (χ3v) is 5.75. The van der Waals surface area contributed by atoms with Gasteiger partial charge in [-0.15, -0.1) is 12.4 Å². The van der Waals surface area contributed by atoms with E-state index < -0.39 is 5.60 Å². The van der Waals surface area contributed by atoms with E-state index in [0.29, 0.717) is 5.92 Å². The fourth-order valence-electron chi connectivity index (χ4n) is 4.28. The van der Waals surface area contributed by atoms with E-state index in [9.17, 15) is 5.11 Å². The molecule has 1 unspecified atom stereocenters. The minimum Gasteiger partial charge on any atom is -0.388 e. The molecule has 0 aromatic heterocycles. The molecule has 3 heteroatoms. The van der Waals surface area contributed by atoms with Crippen molar-refractivity contribution >= 4 is 12.4 Å². The fraction of sp³-hybridized carbons (Fsp3) is 0.429. The lowest BCUT2D eigenvalue weighted by molar-refractivity contribution is -0.115. The first-order valence-electron chi connectivity index (χ1n) is 8.82. The molecular weight excluding hydrogens is 318 g/mol. The number of hydrogen-bond acceptors (Lipinski definition) is 2. The van der Waals surface area contributed by atoms with Crippen molar-refractivity contribution in [3.05, 3.63) is 60.2 Å². The molecule has 2 aromatic rings. The molecule has 2 nitrogen and oxygen atoms in total. The van der Waals surface area contributed by atoms with Crippen molar-refractivity contribution in [1.29, 1.82) is 0 Å². The number of piperidine rings is 3. The highest BCUT2D eigenvalue weighted by Gasteiger charge is 2.44. The second-order valence-corrected chi connectivity index (χ2v) is 7.22. The van der Waals surface area contributed by atoms with Crippen molar-refractivity contribution < 1.29 is 5.11 Å². The Balaban J connectivity index is 0.00000169. The molecule has 2 aromatic carbocycles. The van der Waals surface area contributed by atoms with Gasteiger partial charge in [0.2, 0.25) is 0 Å². The molecule has 3 aliphatic heterocycles. The van der Waals surface area contributed by atoms with E-state index in [-0.39, 0.29) is 12.4 Å². The second-order valence-electron chi connectivity index (χ2n) is 7.22. The van der Waals surface area contributed by atoms with Gasteiger partial charge in [-0.05, 0) is 61.4 Å². The fourth-order valence-corrected chi connectivity index (χ4v) is 4.28. The van der Waals surface area contributed by atoms with Crippen LogP contribution in [-0.4, -0.2) is 35.2 Å². The SMILES string of the molecule is Cl.OC1(CCc2ccc(-c3ccccc3)cc2)CN2CCC1CC2. The summed E-state index contributed by atoms with van der Waals surface area (Å²) in [7, 11) is 0. The normalized spacial score (nSPS) is 28.4. The number of nitrogens with zero attached hydrogens (tertiary/aromatic N) is 1. The maximum atomic E-state index is 11.0. The van der Waals surface area contributed by atoms with Crippen LogP contribution >= 0.6 is 12.4 Å². The Morgan fingerprint density at radius 2 is 1.54 bits per heavy atom. The smallest absolute Gasteiger partial charge is 0.0806 e. The van der Waals surface area contributed by atoms with Crippen LogP contribution in [0.1, 0.15) is 24.8 Å². The van der Waals surface area contributed by atoms with Gasteiger partial charge in [0.05, 0.1) is 5.60 Å². The average molecular weight is 344 g/mol. The molecule has 0 aliphatic carbocycles. The van der Waals surface area contributed by atoms with Crippen molar-refractivity contribution in [3.8, 4) is 11.1 Å². The first-order chi connectivity index (χ1) is 11.2. The summed E-state index contributed by atoms with van der Waals surface area (Å²) in [5.41, 5.74) is 3.38. The molecule has 3 heterocycles. The zero-order valence-electron chi connectivity index (χ0n) is 14.0. The zero-order valence-corrected chi connectivity index (χ0v) is 14.8. The van der Waals surface area contributed by atoms with Gasteiger partial charge in [0.25, 0.3) is 0 Å². The zero-order chi connectivity index (χ0) is 15.7. The molecule has 3 fully saturated rings. The molecule has 0 saturated carbocycles. The van der Waals surface area contributed by atoms with Crippen LogP contribution < -0.4 is 0 Å². The van der Waals surface area contributed by atoms with Crippen molar-refractivity contribution in [2.24, 2.45) is 5.92 Å². The summed E-state index contributed by atoms with van der Waals surface area (Å²) in [6, 6.07) is 19.3. The number of aryl methyl sites for hydroxylation is 1. The standard InChI is InChI=1S/C21H25NO.ClH/c23-21(16-22-14-11-20(21)12-15-22)13-10-17-6-8-19(9-7-17)18-4-2-1-3-5-18;/h1-9,20,23H,10-16H2;1H. The predicted molar refractivity (Wildman–Crippen MR) is 102 cm³/mol. The van der Waals surface area contributed by atoms with Crippen molar-refractivity contribution in [3.63, 3.8) is 0 Å². The second kappa shape index (κ2) is 7.26. The first-order valence-corrected chi connectivity index (χ1v) is 8.82. The van der Waals surface area contributed by atoms with Crippen molar-refractivity contribution in [1.82, 2.24) is 4.90 Å². The van der Waals surface area contributed by atoms with Gasteiger partial charge < -0.3 is 10.0 Å². The van der Waals surface area contributed by atoms with Gasteiger partial charge in [-0.2, -0.15) is 0 Å². The quantitative estimate of drug-likeness (QED) is 0.900. The number of fused-ring (bicyclic) bond motifs is 3. The van der Waals surface area contributed by atoms with Crippen LogP contribution in [0.15, 0.2) is 54.6 Å². The number of halogens is 1. The largest absolute Gasteiger partial charge is 0.388 e. The lowest BCUT2D eigenvalue weighted by Gasteiger charge is -2.50. The highest BCUT2D eigenvalue weighted by molar-refractivity contribution is 5.85. The molecular formula is C21H26ClNO. The summed E-state index contributed by atoms with van der Waals surface area (Å²) in [5, 5.41) is 11.0. The highest BCUT2D eigenvalue weighted by atomic mass is 35.5. The van der Waals surface area contributed by atoms with Gasteiger partial charge in [-0.3, -0.25) is 0 Å². The summed E-state index contributed by atoms with van der Waals surface area (Å²) >= 11 is 0. The van der Waals surface area contributed by atoms with Crippen LogP contribution in [0.25, 0.3) is 11.1 Å². The minimum absolute atomic E-state index is 0. The third kappa shape index (κ3) is 3.51.